The zero-order valence-electron chi connectivity index (χ0n) is 9.77. The van der Waals surface area contributed by atoms with Crippen LogP contribution in [-0.2, 0) is 16.1 Å². The summed E-state index contributed by atoms with van der Waals surface area (Å²) in [5.41, 5.74) is 0.837. The van der Waals surface area contributed by atoms with Gasteiger partial charge in [-0.25, -0.2) is 0 Å². The smallest absolute Gasteiger partial charge is 0.307 e. The van der Waals surface area contributed by atoms with Gasteiger partial charge < -0.3 is 20.3 Å². The number of hydrogen-bond donors (Lipinski definition) is 3. The monoisotopic (exact) mass is 239 g/mol. The summed E-state index contributed by atoms with van der Waals surface area (Å²) in [7, 11) is 0. The van der Waals surface area contributed by atoms with Gasteiger partial charge in [0.2, 0.25) is 0 Å². The molecule has 94 valence electrons. The van der Waals surface area contributed by atoms with Crippen molar-refractivity contribution in [1.29, 1.82) is 0 Å². The number of carbonyl (C=O) groups excluding carboxylic acids is 1. The van der Waals surface area contributed by atoms with Crippen LogP contribution in [-0.4, -0.2) is 29.3 Å². The fourth-order valence-corrected chi connectivity index (χ4v) is 1.34. The number of aromatic hydroxyl groups is 2. The van der Waals surface area contributed by atoms with E-state index in [2.05, 4.69) is 5.32 Å². The molecule has 0 unspecified atom stereocenters. The van der Waals surface area contributed by atoms with Crippen molar-refractivity contribution in [2.45, 2.75) is 19.9 Å². The van der Waals surface area contributed by atoms with Crippen LogP contribution in [0.2, 0.25) is 0 Å². The number of nitrogens with one attached hydrogen (secondary N) is 1. The Kier molecular flexibility index (Phi) is 5.29. The second-order valence-electron chi connectivity index (χ2n) is 3.55. The molecule has 1 aromatic carbocycles. The topological polar surface area (TPSA) is 78.8 Å². The molecule has 0 aliphatic heterocycles. The molecule has 0 amide bonds. The van der Waals surface area contributed by atoms with Gasteiger partial charge in [-0.3, -0.25) is 4.79 Å². The molecular weight excluding hydrogens is 222 g/mol. The molecule has 17 heavy (non-hydrogen) atoms. The summed E-state index contributed by atoms with van der Waals surface area (Å²) in [6.07, 6.45) is 0.317. The van der Waals surface area contributed by atoms with Crippen LogP contribution >= 0.6 is 0 Å². The Morgan fingerprint density at radius 3 is 2.76 bits per heavy atom. The minimum atomic E-state index is -0.228. The maximum atomic E-state index is 11.0. The van der Waals surface area contributed by atoms with Crippen LogP contribution in [0.5, 0.6) is 11.5 Å². The van der Waals surface area contributed by atoms with Crippen molar-refractivity contribution in [2.24, 2.45) is 0 Å². The Bertz CT molecular complexity index is 379. The van der Waals surface area contributed by atoms with E-state index < -0.39 is 0 Å². The summed E-state index contributed by atoms with van der Waals surface area (Å²) in [5.74, 6) is -0.511. The van der Waals surface area contributed by atoms with Gasteiger partial charge in [-0.15, -0.1) is 0 Å². The van der Waals surface area contributed by atoms with Crippen LogP contribution in [0.3, 0.4) is 0 Å². The summed E-state index contributed by atoms with van der Waals surface area (Å²) < 4.78 is 4.78. The van der Waals surface area contributed by atoms with Crippen LogP contribution in [0.4, 0.5) is 0 Å². The highest BCUT2D eigenvalue weighted by Crippen LogP contribution is 2.24. The standard InChI is InChI=1S/C12H17NO4/c1-2-17-12(16)5-6-13-8-9-3-4-10(14)11(15)7-9/h3-4,7,13-15H,2,5-6,8H2,1H3. The maximum absolute atomic E-state index is 11.0. The lowest BCUT2D eigenvalue weighted by Crippen LogP contribution is -2.18. The number of hydrogen-bond acceptors (Lipinski definition) is 5. The Morgan fingerprint density at radius 1 is 1.35 bits per heavy atom. The van der Waals surface area contributed by atoms with E-state index in [0.717, 1.165) is 5.56 Å². The van der Waals surface area contributed by atoms with E-state index in [4.69, 9.17) is 9.84 Å². The molecule has 0 aromatic heterocycles. The molecule has 1 aromatic rings. The van der Waals surface area contributed by atoms with Gasteiger partial charge in [0.25, 0.3) is 0 Å². The Labute approximate surface area is 100 Å². The summed E-state index contributed by atoms with van der Waals surface area (Å²) in [6, 6.07) is 4.61. The van der Waals surface area contributed by atoms with Crippen molar-refractivity contribution in [3.63, 3.8) is 0 Å². The molecule has 0 saturated heterocycles. The van der Waals surface area contributed by atoms with E-state index in [1.165, 1.54) is 12.1 Å². The van der Waals surface area contributed by atoms with Gasteiger partial charge in [0.1, 0.15) is 0 Å². The zero-order chi connectivity index (χ0) is 12.7. The Hall–Kier alpha value is -1.75. The van der Waals surface area contributed by atoms with E-state index in [9.17, 15) is 9.90 Å². The van der Waals surface area contributed by atoms with E-state index in [0.29, 0.717) is 26.1 Å². The van der Waals surface area contributed by atoms with Gasteiger partial charge in [0, 0.05) is 13.1 Å². The molecule has 0 heterocycles. The number of esters is 1. The van der Waals surface area contributed by atoms with Crippen LogP contribution < -0.4 is 5.32 Å². The number of benzene rings is 1. The van der Waals surface area contributed by atoms with Gasteiger partial charge in [0.05, 0.1) is 13.0 Å². The molecule has 5 nitrogen and oxygen atoms in total. The lowest BCUT2D eigenvalue weighted by Gasteiger charge is -2.06. The molecule has 0 spiro atoms. The molecule has 0 radical (unpaired) electrons. The van der Waals surface area contributed by atoms with E-state index in [1.54, 1.807) is 13.0 Å². The van der Waals surface area contributed by atoms with E-state index in [-0.39, 0.29) is 17.5 Å². The first-order valence-corrected chi connectivity index (χ1v) is 5.50. The van der Waals surface area contributed by atoms with E-state index >= 15 is 0 Å². The average Bonchev–Trinajstić information content (AvgIpc) is 2.29. The van der Waals surface area contributed by atoms with Crippen LogP contribution in [0, 0.1) is 0 Å². The SMILES string of the molecule is CCOC(=O)CCNCc1ccc(O)c(O)c1. The first kappa shape index (κ1) is 13.3. The lowest BCUT2D eigenvalue weighted by molar-refractivity contribution is -0.142. The highest BCUT2D eigenvalue weighted by Gasteiger charge is 2.02. The number of ether oxygens (including phenoxy) is 1. The maximum Gasteiger partial charge on any atom is 0.307 e. The minimum absolute atomic E-state index is 0.139. The lowest BCUT2D eigenvalue weighted by atomic mass is 10.2. The summed E-state index contributed by atoms with van der Waals surface area (Å²) in [5, 5.41) is 21.4. The fourth-order valence-electron chi connectivity index (χ4n) is 1.34. The van der Waals surface area contributed by atoms with Crippen molar-refractivity contribution in [3.8, 4) is 11.5 Å². The molecule has 0 fully saturated rings. The molecule has 5 heteroatoms. The van der Waals surface area contributed by atoms with Crippen molar-refractivity contribution in [1.82, 2.24) is 5.32 Å². The predicted octanol–water partition coefficient (Wildman–Crippen LogP) is 1.14. The summed E-state index contributed by atoms with van der Waals surface area (Å²) in [6.45, 7) is 3.20. The summed E-state index contributed by atoms with van der Waals surface area (Å²) >= 11 is 0. The number of phenolic OH excluding ortho intramolecular Hbond substituents is 2. The molecule has 0 aliphatic rings. The molecule has 0 aliphatic carbocycles. The molecular formula is C12H17NO4. The van der Waals surface area contributed by atoms with Crippen molar-refractivity contribution >= 4 is 5.97 Å². The largest absolute Gasteiger partial charge is 0.504 e. The third-order valence-corrected chi connectivity index (χ3v) is 2.18. The zero-order valence-corrected chi connectivity index (χ0v) is 9.77. The number of phenols is 2. The first-order chi connectivity index (χ1) is 8.13. The summed E-state index contributed by atoms with van der Waals surface area (Å²) in [4.78, 5) is 11.0. The predicted molar refractivity (Wildman–Crippen MR) is 62.7 cm³/mol. The van der Waals surface area contributed by atoms with Crippen molar-refractivity contribution in [2.75, 3.05) is 13.2 Å². The van der Waals surface area contributed by atoms with Gasteiger partial charge in [-0.05, 0) is 24.6 Å². The molecule has 0 saturated carbocycles. The molecule has 0 bridgehead atoms. The van der Waals surface area contributed by atoms with Gasteiger partial charge >= 0.3 is 5.97 Å². The van der Waals surface area contributed by atoms with Crippen LogP contribution in [0.15, 0.2) is 18.2 Å². The van der Waals surface area contributed by atoms with Gasteiger partial charge in [0.15, 0.2) is 11.5 Å². The average molecular weight is 239 g/mol. The molecule has 3 N–H and O–H groups in total. The number of rotatable bonds is 6. The van der Waals surface area contributed by atoms with Gasteiger partial charge in [-0.1, -0.05) is 6.07 Å². The second kappa shape index (κ2) is 6.75. The first-order valence-electron chi connectivity index (χ1n) is 5.50. The van der Waals surface area contributed by atoms with Crippen LogP contribution in [0.1, 0.15) is 18.9 Å². The molecule has 0 atom stereocenters. The Balaban J connectivity index is 2.26. The third-order valence-electron chi connectivity index (χ3n) is 2.18. The fraction of sp³-hybridized carbons (Fsp3) is 0.417. The second-order valence-corrected chi connectivity index (χ2v) is 3.55. The third kappa shape index (κ3) is 4.74. The number of carbonyl (C=O) groups is 1. The Morgan fingerprint density at radius 2 is 2.12 bits per heavy atom. The van der Waals surface area contributed by atoms with E-state index in [1.807, 2.05) is 0 Å². The van der Waals surface area contributed by atoms with Gasteiger partial charge in [-0.2, -0.15) is 0 Å². The van der Waals surface area contributed by atoms with Crippen LogP contribution in [0.25, 0.3) is 0 Å². The highest BCUT2D eigenvalue weighted by molar-refractivity contribution is 5.69. The molecule has 1 rings (SSSR count). The highest BCUT2D eigenvalue weighted by atomic mass is 16.5. The quantitative estimate of drug-likeness (QED) is 0.394. The minimum Gasteiger partial charge on any atom is -0.504 e. The van der Waals surface area contributed by atoms with Crippen molar-refractivity contribution < 1.29 is 19.7 Å². The van der Waals surface area contributed by atoms with Crippen molar-refractivity contribution in [3.05, 3.63) is 23.8 Å². The normalized spacial score (nSPS) is 10.2.